The van der Waals surface area contributed by atoms with E-state index in [1.165, 1.54) is 7.11 Å². The Morgan fingerprint density at radius 3 is 2.58 bits per heavy atom. The Balaban J connectivity index is 1.47. The van der Waals surface area contributed by atoms with E-state index in [0.29, 0.717) is 31.9 Å². The smallest absolute Gasteiger partial charge is 0.316 e. The van der Waals surface area contributed by atoms with E-state index in [1.807, 2.05) is 24.3 Å². The molecule has 0 N–H and O–H groups in total. The molecule has 3 aliphatic rings. The van der Waals surface area contributed by atoms with Gasteiger partial charge in [-0.15, -0.1) is 0 Å². The number of esters is 1. The van der Waals surface area contributed by atoms with E-state index in [9.17, 15) is 9.59 Å². The molecule has 140 valence electrons. The lowest BCUT2D eigenvalue weighted by molar-refractivity contribution is -0.153. The van der Waals surface area contributed by atoms with Crippen molar-refractivity contribution in [2.45, 2.75) is 0 Å². The SMILES string of the molecule is COC(=O)[C@@]12COC[C@@H]1CN(C(=O)c1ccc(N3CCOCC3)cc1)C2. The van der Waals surface area contributed by atoms with Gasteiger partial charge in [0, 0.05) is 43.3 Å². The molecule has 7 nitrogen and oxygen atoms in total. The predicted octanol–water partition coefficient (Wildman–Crippen LogP) is 0.785. The van der Waals surface area contributed by atoms with Gasteiger partial charge in [0.2, 0.25) is 0 Å². The summed E-state index contributed by atoms with van der Waals surface area (Å²) in [5.41, 5.74) is 1.03. The average molecular weight is 360 g/mol. The highest BCUT2D eigenvalue weighted by atomic mass is 16.5. The molecule has 0 aromatic heterocycles. The molecule has 3 aliphatic heterocycles. The molecular formula is C19H24N2O5. The monoisotopic (exact) mass is 360 g/mol. The van der Waals surface area contributed by atoms with Gasteiger partial charge in [-0.2, -0.15) is 0 Å². The van der Waals surface area contributed by atoms with Crippen LogP contribution in [0, 0.1) is 11.3 Å². The molecule has 4 rings (SSSR count). The van der Waals surface area contributed by atoms with Gasteiger partial charge in [0.25, 0.3) is 5.91 Å². The second-order valence-electron chi connectivity index (χ2n) is 7.19. The second-order valence-corrected chi connectivity index (χ2v) is 7.19. The molecule has 0 spiro atoms. The minimum absolute atomic E-state index is 0.00604. The Kier molecular flexibility index (Phi) is 4.58. The van der Waals surface area contributed by atoms with E-state index in [1.54, 1.807) is 4.90 Å². The number of nitrogens with zero attached hydrogens (tertiary/aromatic N) is 2. The van der Waals surface area contributed by atoms with Crippen molar-refractivity contribution < 1.29 is 23.8 Å². The highest BCUT2D eigenvalue weighted by Gasteiger charge is 2.57. The zero-order valence-corrected chi connectivity index (χ0v) is 15.0. The second kappa shape index (κ2) is 6.89. The fraction of sp³-hybridized carbons (Fsp3) is 0.579. The summed E-state index contributed by atoms with van der Waals surface area (Å²) in [4.78, 5) is 29.2. The van der Waals surface area contributed by atoms with E-state index in [0.717, 1.165) is 32.0 Å². The molecule has 3 heterocycles. The first kappa shape index (κ1) is 17.3. The van der Waals surface area contributed by atoms with Crippen LogP contribution in [0.4, 0.5) is 5.69 Å². The predicted molar refractivity (Wildman–Crippen MR) is 94.1 cm³/mol. The third kappa shape index (κ3) is 2.85. The van der Waals surface area contributed by atoms with Gasteiger partial charge in [0.05, 0.1) is 33.5 Å². The molecule has 0 radical (unpaired) electrons. The maximum atomic E-state index is 12.9. The number of hydrogen-bond donors (Lipinski definition) is 0. The van der Waals surface area contributed by atoms with Crippen LogP contribution in [-0.2, 0) is 19.0 Å². The molecular weight excluding hydrogens is 336 g/mol. The number of amides is 1. The van der Waals surface area contributed by atoms with Crippen molar-refractivity contribution in [3.05, 3.63) is 29.8 Å². The molecule has 26 heavy (non-hydrogen) atoms. The van der Waals surface area contributed by atoms with Crippen molar-refractivity contribution in [3.8, 4) is 0 Å². The Morgan fingerprint density at radius 2 is 1.88 bits per heavy atom. The van der Waals surface area contributed by atoms with E-state index in [4.69, 9.17) is 14.2 Å². The Morgan fingerprint density at radius 1 is 1.15 bits per heavy atom. The molecule has 0 aliphatic carbocycles. The molecule has 1 aromatic rings. The van der Waals surface area contributed by atoms with Crippen molar-refractivity contribution in [1.82, 2.24) is 4.90 Å². The van der Waals surface area contributed by atoms with Crippen LogP contribution in [0.2, 0.25) is 0 Å². The van der Waals surface area contributed by atoms with Crippen molar-refractivity contribution >= 4 is 17.6 Å². The Bertz CT molecular complexity index is 686. The lowest BCUT2D eigenvalue weighted by Crippen LogP contribution is -2.41. The Hall–Kier alpha value is -2.12. The fourth-order valence-electron chi connectivity index (χ4n) is 4.20. The first-order valence-corrected chi connectivity index (χ1v) is 9.02. The van der Waals surface area contributed by atoms with Gasteiger partial charge in [0.1, 0.15) is 5.41 Å². The summed E-state index contributed by atoms with van der Waals surface area (Å²) < 4.78 is 15.9. The number of rotatable bonds is 3. The third-order valence-electron chi connectivity index (χ3n) is 5.74. The Labute approximate surface area is 152 Å². The highest BCUT2D eigenvalue weighted by Crippen LogP contribution is 2.42. The first-order valence-electron chi connectivity index (χ1n) is 9.02. The van der Waals surface area contributed by atoms with Crippen LogP contribution in [0.5, 0.6) is 0 Å². The summed E-state index contributed by atoms with van der Waals surface area (Å²) in [6, 6.07) is 7.69. The van der Waals surface area contributed by atoms with Crippen LogP contribution in [0.15, 0.2) is 24.3 Å². The minimum Gasteiger partial charge on any atom is -0.468 e. The van der Waals surface area contributed by atoms with Crippen molar-refractivity contribution in [1.29, 1.82) is 0 Å². The van der Waals surface area contributed by atoms with Gasteiger partial charge in [-0.1, -0.05) is 0 Å². The third-order valence-corrected chi connectivity index (χ3v) is 5.74. The summed E-state index contributed by atoms with van der Waals surface area (Å²) in [6.45, 7) is 4.89. The average Bonchev–Trinajstić information content (AvgIpc) is 3.26. The molecule has 2 atom stereocenters. The van der Waals surface area contributed by atoms with E-state index < -0.39 is 5.41 Å². The van der Waals surface area contributed by atoms with Gasteiger partial charge >= 0.3 is 5.97 Å². The number of likely N-dealkylation sites (tertiary alicyclic amines) is 1. The number of carbonyl (C=O) groups is 2. The first-order chi connectivity index (χ1) is 12.6. The summed E-state index contributed by atoms with van der Waals surface area (Å²) >= 11 is 0. The number of fused-ring (bicyclic) bond motifs is 1. The molecule has 1 amide bonds. The minimum atomic E-state index is -0.710. The topological polar surface area (TPSA) is 68.3 Å². The van der Waals surface area contributed by atoms with Crippen LogP contribution in [0.25, 0.3) is 0 Å². The number of anilines is 1. The van der Waals surface area contributed by atoms with Crippen LogP contribution in [0.3, 0.4) is 0 Å². The summed E-state index contributed by atoms with van der Waals surface area (Å²) in [7, 11) is 1.39. The number of hydrogen-bond acceptors (Lipinski definition) is 6. The number of morpholine rings is 1. The molecule has 0 bridgehead atoms. The summed E-state index contributed by atoms with van der Waals surface area (Å²) in [6.07, 6.45) is 0. The summed E-state index contributed by atoms with van der Waals surface area (Å²) in [5, 5.41) is 0. The number of benzene rings is 1. The molecule has 7 heteroatoms. The lowest BCUT2D eigenvalue weighted by atomic mass is 9.81. The highest BCUT2D eigenvalue weighted by molar-refractivity contribution is 5.95. The molecule has 0 unspecified atom stereocenters. The van der Waals surface area contributed by atoms with Gasteiger partial charge in [0.15, 0.2) is 0 Å². The number of carbonyl (C=O) groups excluding carboxylic acids is 2. The zero-order chi connectivity index (χ0) is 18.1. The summed E-state index contributed by atoms with van der Waals surface area (Å²) in [5.74, 6) is -0.319. The van der Waals surface area contributed by atoms with Crippen LogP contribution in [0.1, 0.15) is 10.4 Å². The standard InChI is InChI=1S/C19H24N2O5/c1-24-18(23)19-12-21(10-15(19)11-26-13-19)17(22)14-2-4-16(5-3-14)20-6-8-25-9-7-20/h2-5,15H,6-13H2,1H3/t15-,19-/m0/s1. The van der Waals surface area contributed by atoms with E-state index in [2.05, 4.69) is 4.90 Å². The molecule has 3 fully saturated rings. The maximum Gasteiger partial charge on any atom is 0.316 e. The van der Waals surface area contributed by atoms with Gasteiger partial charge in [-0.3, -0.25) is 9.59 Å². The fourth-order valence-corrected chi connectivity index (χ4v) is 4.20. The van der Waals surface area contributed by atoms with Crippen LogP contribution < -0.4 is 4.90 Å². The zero-order valence-electron chi connectivity index (χ0n) is 15.0. The quantitative estimate of drug-likeness (QED) is 0.743. The van der Waals surface area contributed by atoms with Crippen LogP contribution >= 0.6 is 0 Å². The maximum absolute atomic E-state index is 12.9. The lowest BCUT2D eigenvalue weighted by Gasteiger charge is -2.29. The van der Waals surface area contributed by atoms with E-state index in [-0.39, 0.29) is 17.8 Å². The largest absolute Gasteiger partial charge is 0.468 e. The normalized spacial score (nSPS) is 28.1. The number of methoxy groups -OCH3 is 1. The molecule has 1 aromatic carbocycles. The van der Waals surface area contributed by atoms with Crippen molar-refractivity contribution in [3.63, 3.8) is 0 Å². The van der Waals surface area contributed by atoms with Gasteiger partial charge in [-0.25, -0.2) is 0 Å². The molecule has 3 saturated heterocycles. The van der Waals surface area contributed by atoms with E-state index >= 15 is 0 Å². The molecule has 0 saturated carbocycles. The van der Waals surface area contributed by atoms with Crippen molar-refractivity contribution in [2.75, 3.05) is 64.6 Å². The number of ether oxygens (including phenoxy) is 3. The van der Waals surface area contributed by atoms with Crippen molar-refractivity contribution in [2.24, 2.45) is 11.3 Å². The van der Waals surface area contributed by atoms with Gasteiger partial charge in [-0.05, 0) is 24.3 Å². The van der Waals surface area contributed by atoms with Crippen LogP contribution in [-0.4, -0.2) is 76.5 Å². The van der Waals surface area contributed by atoms with Gasteiger partial charge < -0.3 is 24.0 Å².